The van der Waals surface area contributed by atoms with E-state index in [2.05, 4.69) is 14.9 Å². The third kappa shape index (κ3) is 3.90. The van der Waals surface area contributed by atoms with Crippen LogP contribution in [0.1, 0.15) is 31.2 Å². The van der Waals surface area contributed by atoms with Crippen LogP contribution in [-0.2, 0) is 6.54 Å². The Hall–Kier alpha value is -2.01. The number of benzene rings is 1. The SMILES string of the molecule is Cc1cccc(Cl)c1NC(=O)N1CCCC[C@@H]1CCn1ccnc1. The molecule has 1 saturated heterocycles. The number of halogens is 1. The van der Waals surface area contributed by atoms with Gasteiger partial charge < -0.3 is 14.8 Å². The van der Waals surface area contributed by atoms with Crippen LogP contribution >= 0.6 is 11.6 Å². The highest BCUT2D eigenvalue weighted by Crippen LogP contribution is 2.27. The molecule has 0 saturated carbocycles. The van der Waals surface area contributed by atoms with E-state index in [1.165, 1.54) is 6.42 Å². The van der Waals surface area contributed by atoms with E-state index in [1.807, 2.05) is 36.5 Å². The first-order valence-electron chi connectivity index (χ1n) is 8.43. The van der Waals surface area contributed by atoms with Crippen LogP contribution in [0.25, 0.3) is 0 Å². The minimum atomic E-state index is -0.0541. The predicted molar refractivity (Wildman–Crippen MR) is 96.4 cm³/mol. The zero-order valence-electron chi connectivity index (χ0n) is 13.9. The fraction of sp³-hybridized carbons (Fsp3) is 0.444. The number of carbonyl (C=O) groups excluding carboxylic acids is 1. The Labute approximate surface area is 147 Å². The first kappa shape index (κ1) is 16.8. The van der Waals surface area contributed by atoms with E-state index in [1.54, 1.807) is 12.3 Å². The van der Waals surface area contributed by atoms with E-state index in [-0.39, 0.29) is 12.1 Å². The van der Waals surface area contributed by atoms with Gasteiger partial charge in [-0.15, -0.1) is 0 Å². The van der Waals surface area contributed by atoms with Gasteiger partial charge in [-0.25, -0.2) is 9.78 Å². The van der Waals surface area contributed by atoms with Crippen LogP contribution in [0.15, 0.2) is 36.9 Å². The molecule has 5 nitrogen and oxygen atoms in total. The van der Waals surface area contributed by atoms with E-state index < -0.39 is 0 Å². The number of anilines is 1. The van der Waals surface area contributed by atoms with Gasteiger partial charge in [-0.1, -0.05) is 23.7 Å². The van der Waals surface area contributed by atoms with E-state index in [0.29, 0.717) is 10.7 Å². The Morgan fingerprint density at radius 3 is 3.04 bits per heavy atom. The third-order valence-corrected chi connectivity index (χ3v) is 4.94. The Morgan fingerprint density at radius 1 is 1.42 bits per heavy atom. The Kier molecular flexibility index (Phi) is 5.41. The van der Waals surface area contributed by atoms with Crippen molar-refractivity contribution in [2.75, 3.05) is 11.9 Å². The molecule has 2 amide bonds. The molecule has 0 spiro atoms. The number of hydrogen-bond acceptors (Lipinski definition) is 2. The topological polar surface area (TPSA) is 50.2 Å². The summed E-state index contributed by atoms with van der Waals surface area (Å²) in [4.78, 5) is 18.8. The number of amides is 2. The summed E-state index contributed by atoms with van der Waals surface area (Å²) in [7, 11) is 0. The summed E-state index contributed by atoms with van der Waals surface area (Å²) in [6, 6.07) is 5.85. The summed E-state index contributed by atoms with van der Waals surface area (Å²) >= 11 is 6.23. The Balaban J connectivity index is 1.66. The molecule has 128 valence electrons. The second-order valence-electron chi connectivity index (χ2n) is 6.29. The number of para-hydroxylation sites is 1. The lowest BCUT2D eigenvalue weighted by molar-refractivity contribution is 0.155. The van der Waals surface area contributed by atoms with Gasteiger partial charge in [0.1, 0.15) is 0 Å². The van der Waals surface area contributed by atoms with Gasteiger partial charge in [-0.2, -0.15) is 0 Å². The molecule has 1 aliphatic heterocycles. The van der Waals surface area contributed by atoms with Gasteiger partial charge >= 0.3 is 6.03 Å². The van der Waals surface area contributed by atoms with Crippen LogP contribution < -0.4 is 5.32 Å². The Bertz CT molecular complexity index is 666. The summed E-state index contributed by atoms with van der Waals surface area (Å²) in [5.41, 5.74) is 1.69. The lowest BCUT2D eigenvalue weighted by Gasteiger charge is -2.36. The molecular formula is C18H23ClN4O. The van der Waals surface area contributed by atoms with Crippen LogP contribution in [-0.4, -0.2) is 33.1 Å². The molecule has 0 aliphatic carbocycles. The van der Waals surface area contributed by atoms with Gasteiger partial charge in [-0.3, -0.25) is 0 Å². The van der Waals surface area contributed by atoms with Gasteiger partial charge in [0.15, 0.2) is 0 Å². The van der Waals surface area contributed by atoms with Crippen molar-refractivity contribution in [2.24, 2.45) is 0 Å². The van der Waals surface area contributed by atoms with E-state index in [0.717, 1.165) is 37.9 Å². The highest BCUT2D eigenvalue weighted by Gasteiger charge is 2.27. The number of nitrogens with zero attached hydrogens (tertiary/aromatic N) is 3. The van der Waals surface area contributed by atoms with Crippen LogP contribution in [0.4, 0.5) is 10.5 Å². The number of carbonyl (C=O) groups is 1. The summed E-state index contributed by atoms with van der Waals surface area (Å²) in [5.74, 6) is 0. The van der Waals surface area contributed by atoms with Gasteiger partial charge in [0.25, 0.3) is 0 Å². The van der Waals surface area contributed by atoms with Crippen molar-refractivity contribution in [3.63, 3.8) is 0 Å². The second kappa shape index (κ2) is 7.71. The monoisotopic (exact) mass is 346 g/mol. The predicted octanol–water partition coefficient (Wildman–Crippen LogP) is 4.32. The molecule has 1 aliphatic rings. The highest BCUT2D eigenvalue weighted by atomic mass is 35.5. The molecule has 2 aromatic rings. The normalized spacial score (nSPS) is 17.8. The molecule has 1 aromatic heterocycles. The average Bonchev–Trinajstić information content (AvgIpc) is 3.10. The average molecular weight is 347 g/mol. The molecule has 0 radical (unpaired) electrons. The van der Waals surface area contributed by atoms with Crippen molar-refractivity contribution in [1.82, 2.24) is 14.5 Å². The molecular weight excluding hydrogens is 324 g/mol. The number of aryl methyl sites for hydroxylation is 2. The summed E-state index contributed by atoms with van der Waals surface area (Å²) in [5, 5.41) is 3.59. The summed E-state index contributed by atoms with van der Waals surface area (Å²) in [6.45, 7) is 3.62. The number of rotatable bonds is 4. The van der Waals surface area contributed by atoms with Crippen LogP contribution in [0.3, 0.4) is 0 Å². The van der Waals surface area contributed by atoms with Crippen molar-refractivity contribution in [3.8, 4) is 0 Å². The zero-order valence-corrected chi connectivity index (χ0v) is 14.7. The number of hydrogen-bond donors (Lipinski definition) is 1. The number of imidazole rings is 1. The van der Waals surface area contributed by atoms with Crippen molar-refractivity contribution >= 4 is 23.3 Å². The first-order chi connectivity index (χ1) is 11.6. The number of likely N-dealkylation sites (tertiary alicyclic amines) is 1. The molecule has 24 heavy (non-hydrogen) atoms. The molecule has 0 unspecified atom stereocenters. The number of aromatic nitrogens is 2. The van der Waals surface area contributed by atoms with Crippen molar-refractivity contribution < 1.29 is 4.79 Å². The van der Waals surface area contributed by atoms with Crippen LogP contribution in [0.2, 0.25) is 5.02 Å². The fourth-order valence-corrected chi connectivity index (χ4v) is 3.52. The van der Waals surface area contributed by atoms with Gasteiger partial charge in [0.2, 0.25) is 0 Å². The maximum atomic E-state index is 12.8. The second-order valence-corrected chi connectivity index (χ2v) is 6.70. The fourth-order valence-electron chi connectivity index (χ4n) is 3.25. The number of piperidine rings is 1. The largest absolute Gasteiger partial charge is 0.337 e. The molecule has 1 atom stereocenters. The van der Waals surface area contributed by atoms with Gasteiger partial charge in [-0.05, 0) is 44.2 Å². The maximum Gasteiger partial charge on any atom is 0.322 e. The standard InChI is InChI=1S/C18H23ClN4O/c1-14-5-4-7-16(19)17(14)21-18(24)23-10-3-2-6-15(23)8-11-22-12-9-20-13-22/h4-5,7,9,12-13,15H,2-3,6,8,10-11H2,1H3,(H,21,24)/t15-/m1/s1. The highest BCUT2D eigenvalue weighted by molar-refractivity contribution is 6.33. The van der Waals surface area contributed by atoms with E-state index >= 15 is 0 Å². The summed E-state index contributed by atoms with van der Waals surface area (Å²) < 4.78 is 2.06. The maximum absolute atomic E-state index is 12.8. The van der Waals surface area contributed by atoms with E-state index in [4.69, 9.17) is 11.6 Å². The third-order valence-electron chi connectivity index (χ3n) is 4.62. The lowest BCUT2D eigenvalue weighted by atomic mass is 9.99. The minimum Gasteiger partial charge on any atom is -0.337 e. The Morgan fingerprint density at radius 2 is 2.29 bits per heavy atom. The molecule has 1 aromatic carbocycles. The van der Waals surface area contributed by atoms with Crippen LogP contribution in [0.5, 0.6) is 0 Å². The first-order valence-corrected chi connectivity index (χ1v) is 8.81. The number of nitrogens with one attached hydrogen (secondary N) is 1. The van der Waals surface area contributed by atoms with Crippen LogP contribution in [0, 0.1) is 6.92 Å². The molecule has 3 rings (SSSR count). The van der Waals surface area contributed by atoms with Crippen molar-refractivity contribution in [3.05, 3.63) is 47.5 Å². The van der Waals surface area contributed by atoms with E-state index in [9.17, 15) is 4.79 Å². The van der Waals surface area contributed by atoms with Crippen molar-refractivity contribution in [1.29, 1.82) is 0 Å². The lowest BCUT2D eigenvalue weighted by Crippen LogP contribution is -2.46. The van der Waals surface area contributed by atoms with Gasteiger partial charge in [0, 0.05) is 31.5 Å². The quantitative estimate of drug-likeness (QED) is 0.896. The molecule has 2 heterocycles. The molecule has 6 heteroatoms. The molecule has 1 N–H and O–H groups in total. The molecule has 1 fully saturated rings. The summed E-state index contributed by atoms with van der Waals surface area (Å²) in [6.07, 6.45) is 9.76. The minimum absolute atomic E-state index is 0.0541. The smallest absolute Gasteiger partial charge is 0.322 e. The van der Waals surface area contributed by atoms with Crippen molar-refractivity contribution in [2.45, 2.75) is 45.2 Å². The number of urea groups is 1. The molecule has 0 bridgehead atoms. The zero-order chi connectivity index (χ0) is 16.9. The van der Waals surface area contributed by atoms with Gasteiger partial charge in [0.05, 0.1) is 17.0 Å².